The molecule has 232 valence electrons. The molecule has 4 heterocycles. The van der Waals surface area contributed by atoms with E-state index >= 15 is 0 Å². The number of ether oxygens (including phenoxy) is 1. The number of hydrogen-bond acceptors (Lipinski definition) is 11. The standard InChI is InChI=1S/C30H36N8O4S2/c1-19(15-37-10-12-38(13-11-37)44(40,41)28-20(2)34-29(43-28)35-30(39)42-4)33-27-25-7-5-6-24(26(25)31-18-32-27)21-8-9-22-16-36(3)17-23(22)14-21/h5-9,14,18-19H,10-13,15-17H2,1-4H3,(H,31,32,33)(H,34,35,39)/t19-/m0/s1. The lowest BCUT2D eigenvalue weighted by molar-refractivity contribution is 0.184. The summed E-state index contributed by atoms with van der Waals surface area (Å²) >= 11 is 0.932. The van der Waals surface area contributed by atoms with Gasteiger partial charge in [0.25, 0.3) is 10.0 Å². The number of sulfonamides is 1. The van der Waals surface area contributed by atoms with Crippen molar-refractivity contribution in [2.45, 2.75) is 37.2 Å². The molecule has 2 aliphatic heterocycles. The zero-order chi connectivity index (χ0) is 31.0. The van der Waals surface area contributed by atoms with Gasteiger partial charge in [-0.15, -0.1) is 0 Å². The number of nitrogens with one attached hydrogen (secondary N) is 2. The number of amides is 1. The van der Waals surface area contributed by atoms with E-state index in [4.69, 9.17) is 0 Å². The number of carbonyl (C=O) groups is 1. The average Bonchev–Trinajstić information content (AvgIpc) is 3.57. The Bertz CT molecular complexity index is 1800. The van der Waals surface area contributed by atoms with Gasteiger partial charge >= 0.3 is 6.09 Å². The molecule has 1 atom stereocenters. The maximum absolute atomic E-state index is 13.4. The summed E-state index contributed by atoms with van der Waals surface area (Å²) < 4.78 is 33.0. The van der Waals surface area contributed by atoms with Crippen molar-refractivity contribution in [3.63, 3.8) is 0 Å². The molecule has 0 aliphatic carbocycles. The number of anilines is 2. The number of thiazole rings is 1. The lowest BCUT2D eigenvalue weighted by Gasteiger charge is -2.35. The average molecular weight is 637 g/mol. The van der Waals surface area contributed by atoms with Gasteiger partial charge in [-0.3, -0.25) is 15.1 Å². The third-order valence-corrected chi connectivity index (χ3v) is 11.6. The lowest BCUT2D eigenvalue weighted by Crippen LogP contribution is -2.50. The molecule has 0 bridgehead atoms. The first-order valence-corrected chi connectivity index (χ1v) is 16.7. The van der Waals surface area contributed by atoms with Crippen LogP contribution in [0, 0.1) is 6.92 Å². The van der Waals surface area contributed by atoms with Crippen LogP contribution in [0.1, 0.15) is 23.7 Å². The fraction of sp³-hybridized carbons (Fsp3) is 0.400. The van der Waals surface area contributed by atoms with Crippen molar-refractivity contribution in [3.05, 3.63) is 59.5 Å². The van der Waals surface area contributed by atoms with Crippen LogP contribution in [0.4, 0.5) is 15.7 Å². The van der Waals surface area contributed by atoms with E-state index < -0.39 is 16.1 Å². The van der Waals surface area contributed by atoms with E-state index in [0.29, 0.717) is 31.9 Å². The lowest BCUT2D eigenvalue weighted by atomic mass is 9.98. The Balaban J connectivity index is 1.10. The molecular formula is C30H36N8O4S2. The van der Waals surface area contributed by atoms with Crippen molar-refractivity contribution >= 4 is 49.3 Å². The second-order valence-corrected chi connectivity index (χ2v) is 14.5. The van der Waals surface area contributed by atoms with Gasteiger partial charge in [0.05, 0.1) is 18.3 Å². The third-order valence-electron chi connectivity index (χ3n) is 8.03. The molecule has 2 aromatic heterocycles. The summed E-state index contributed by atoms with van der Waals surface area (Å²) in [4.78, 5) is 29.5. The number of methoxy groups -OCH3 is 1. The van der Waals surface area contributed by atoms with Crippen LogP contribution in [-0.4, -0.2) is 96.5 Å². The number of nitrogens with zero attached hydrogens (tertiary/aromatic N) is 6. The van der Waals surface area contributed by atoms with Crippen LogP contribution in [0.3, 0.4) is 0 Å². The molecule has 6 rings (SSSR count). The van der Waals surface area contributed by atoms with Gasteiger partial charge in [-0.2, -0.15) is 4.31 Å². The van der Waals surface area contributed by atoms with Crippen LogP contribution in [0.15, 0.2) is 46.9 Å². The van der Waals surface area contributed by atoms with Crippen molar-refractivity contribution in [1.29, 1.82) is 0 Å². The number of rotatable bonds is 8. The predicted octanol–water partition coefficient (Wildman–Crippen LogP) is 3.99. The molecule has 0 spiro atoms. The largest absolute Gasteiger partial charge is 0.453 e. The summed E-state index contributed by atoms with van der Waals surface area (Å²) in [5.41, 5.74) is 6.23. The summed E-state index contributed by atoms with van der Waals surface area (Å²) in [6.07, 6.45) is 0.917. The topological polar surface area (TPSA) is 133 Å². The van der Waals surface area contributed by atoms with E-state index in [1.165, 1.54) is 22.5 Å². The van der Waals surface area contributed by atoms with E-state index in [2.05, 4.69) is 84.4 Å². The Morgan fingerprint density at radius 1 is 1.09 bits per heavy atom. The first-order chi connectivity index (χ1) is 21.1. The number of carbonyl (C=O) groups excluding carboxylic acids is 1. The van der Waals surface area contributed by atoms with Crippen molar-refractivity contribution < 1.29 is 17.9 Å². The highest BCUT2D eigenvalue weighted by Gasteiger charge is 2.32. The van der Waals surface area contributed by atoms with Crippen LogP contribution in [-0.2, 0) is 27.8 Å². The predicted molar refractivity (Wildman–Crippen MR) is 171 cm³/mol. The fourth-order valence-electron chi connectivity index (χ4n) is 5.92. The number of para-hydroxylation sites is 1. The SMILES string of the molecule is COC(=O)Nc1nc(C)c(S(=O)(=O)N2CCN(C[C@H](C)Nc3ncnc4c(-c5ccc6c(c5)CN(C)C6)cccc34)CC2)s1. The van der Waals surface area contributed by atoms with Crippen molar-refractivity contribution in [1.82, 2.24) is 29.1 Å². The van der Waals surface area contributed by atoms with E-state index in [-0.39, 0.29) is 15.4 Å². The monoisotopic (exact) mass is 636 g/mol. The minimum atomic E-state index is -3.74. The van der Waals surface area contributed by atoms with E-state index in [1.54, 1.807) is 13.3 Å². The third kappa shape index (κ3) is 6.13. The smallest absolute Gasteiger partial charge is 0.413 e. The molecule has 1 amide bonds. The highest BCUT2D eigenvalue weighted by atomic mass is 32.2. The second-order valence-electron chi connectivity index (χ2n) is 11.3. The molecule has 0 unspecified atom stereocenters. The highest BCUT2D eigenvalue weighted by molar-refractivity contribution is 7.91. The van der Waals surface area contributed by atoms with Gasteiger partial charge in [-0.1, -0.05) is 35.6 Å². The second kappa shape index (κ2) is 12.4. The molecule has 1 fully saturated rings. The van der Waals surface area contributed by atoms with Gasteiger partial charge in [0, 0.05) is 62.8 Å². The number of aryl methyl sites for hydroxylation is 1. The molecule has 1 saturated heterocycles. The Hall–Kier alpha value is -3.69. The van der Waals surface area contributed by atoms with Crippen LogP contribution in [0.25, 0.3) is 22.0 Å². The maximum Gasteiger partial charge on any atom is 0.413 e. The molecule has 2 aromatic carbocycles. The summed E-state index contributed by atoms with van der Waals surface area (Å²) in [7, 11) is -0.359. The Kier molecular flexibility index (Phi) is 8.53. The van der Waals surface area contributed by atoms with Gasteiger partial charge in [0.2, 0.25) is 0 Å². The molecule has 0 saturated carbocycles. The zero-order valence-electron chi connectivity index (χ0n) is 25.2. The van der Waals surface area contributed by atoms with Crippen LogP contribution < -0.4 is 10.6 Å². The number of benzene rings is 2. The van der Waals surface area contributed by atoms with Crippen LogP contribution in [0.5, 0.6) is 0 Å². The first kappa shape index (κ1) is 30.3. The summed E-state index contributed by atoms with van der Waals surface area (Å²) in [5, 5.41) is 7.17. The minimum absolute atomic E-state index is 0.0612. The van der Waals surface area contributed by atoms with Crippen molar-refractivity contribution in [3.8, 4) is 11.1 Å². The van der Waals surface area contributed by atoms with Crippen LogP contribution in [0.2, 0.25) is 0 Å². The quantitative estimate of drug-likeness (QED) is 0.293. The van der Waals surface area contributed by atoms with Crippen molar-refractivity contribution in [2.24, 2.45) is 0 Å². The molecule has 12 nitrogen and oxygen atoms in total. The fourth-order valence-corrected chi connectivity index (χ4v) is 8.88. The Morgan fingerprint density at radius 3 is 2.64 bits per heavy atom. The molecule has 2 aliphatic rings. The van der Waals surface area contributed by atoms with Crippen LogP contribution >= 0.6 is 11.3 Å². The zero-order valence-corrected chi connectivity index (χ0v) is 26.8. The molecular weight excluding hydrogens is 601 g/mol. The Morgan fingerprint density at radius 2 is 1.86 bits per heavy atom. The minimum Gasteiger partial charge on any atom is -0.453 e. The first-order valence-electron chi connectivity index (χ1n) is 14.5. The maximum atomic E-state index is 13.4. The van der Waals surface area contributed by atoms with E-state index in [0.717, 1.165) is 58.8 Å². The molecule has 44 heavy (non-hydrogen) atoms. The normalized spacial score (nSPS) is 17.0. The van der Waals surface area contributed by atoms with Gasteiger partial charge in [-0.05, 0) is 49.7 Å². The molecule has 14 heteroatoms. The molecule has 2 N–H and O–H groups in total. The number of piperazine rings is 1. The summed E-state index contributed by atoms with van der Waals surface area (Å²) in [6, 6.07) is 12.9. The van der Waals surface area contributed by atoms with Gasteiger partial charge < -0.3 is 10.1 Å². The van der Waals surface area contributed by atoms with Gasteiger partial charge in [-0.25, -0.2) is 28.2 Å². The number of fused-ring (bicyclic) bond motifs is 2. The number of hydrogen-bond donors (Lipinski definition) is 2. The highest BCUT2D eigenvalue weighted by Crippen LogP contribution is 2.34. The summed E-state index contributed by atoms with van der Waals surface area (Å²) in [5.74, 6) is 0.781. The summed E-state index contributed by atoms with van der Waals surface area (Å²) in [6.45, 7) is 8.31. The molecule has 0 radical (unpaired) electrons. The Labute approximate surface area is 261 Å². The van der Waals surface area contributed by atoms with E-state index in [9.17, 15) is 13.2 Å². The molecule has 4 aromatic rings. The van der Waals surface area contributed by atoms with Crippen molar-refractivity contribution in [2.75, 3.05) is 57.5 Å². The van der Waals surface area contributed by atoms with E-state index in [1.807, 2.05) is 6.07 Å². The van der Waals surface area contributed by atoms with Gasteiger partial charge in [0.1, 0.15) is 12.1 Å². The number of aromatic nitrogens is 3. The van der Waals surface area contributed by atoms with Gasteiger partial charge in [0.15, 0.2) is 9.34 Å².